The van der Waals surface area contributed by atoms with Crippen LogP contribution in [0.2, 0.25) is 0 Å². The van der Waals surface area contributed by atoms with E-state index in [0.717, 1.165) is 11.8 Å². The fraction of sp³-hybridized carbons (Fsp3) is 0.579. The molecule has 2 aliphatic carbocycles. The van der Waals surface area contributed by atoms with Gasteiger partial charge in [0.1, 0.15) is 0 Å². The number of likely N-dealkylation sites (tertiary alicyclic amines) is 1. The molecule has 0 radical (unpaired) electrons. The van der Waals surface area contributed by atoms with Crippen LogP contribution in [-0.4, -0.2) is 24.5 Å². The van der Waals surface area contributed by atoms with Gasteiger partial charge in [-0.25, -0.2) is 0 Å². The van der Waals surface area contributed by atoms with E-state index in [4.69, 9.17) is 4.42 Å². The summed E-state index contributed by atoms with van der Waals surface area (Å²) >= 11 is 0. The Kier molecular flexibility index (Phi) is 3.30. The summed E-state index contributed by atoms with van der Waals surface area (Å²) in [6.45, 7) is 8.44. The van der Waals surface area contributed by atoms with E-state index in [1.165, 1.54) is 67.6 Å². The molecule has 2 heterocycles. The van der Waals surface area contributed by atoms with Gasteiger partial charge in [-0.1, -0.05) is 0 Å². The SMILES string of the molecule is Cc1c2coccc-2c(C2CCN(CC3CC3)CC2)c1C. The van der Waals surface area contributed by atoms with Gasteiger partial charge in [-0.3, -0.25) is 0 Å². The number of hydrogen-bond donors (Lipinski definition) is 0. The Labute approximate surface area is 127 Å². The zero-order valence-corrected chi connectivity index (χ0v) is 13.2. The third-order valence-electron chi connectivity index (χ3n) is 5.66. The van der Waals surface area contributed by atoms with Crippen molar-refractivity contribution >= 4 is 0 Å². The first kappa shape index (κ1) is 13.4. The highest BCUT2D eigenvalue weighted by molar-refractivity contribution is 5.77. The molecule has 0 aromatic heterocycles. The topological polar surface area (TPSA) is 16.4 Å². The number of hydrogen-bond acceptors (Lipinski definition) is 2. The zero-order valence-electron chi connectivity index (χ0n) is 13.2. The molecule has 0 aromatic rings. The van der Waals surface area contributed by atoms with Crippen molar-refractivity contribution in [2.24, 2.45) is 5.92 Å². The molecule has 0 bridgehead atoms. The van der Waals surface area contributed by atoms with Gasteiger partial charge < -0.3 is 9.32 Å². The third-order valence-corrected chi connectivity index (χ3v) is 5.66. The molecule has 0 N–H and O–H groups in total. The monoisotopic (exact) mass is 283 g/mol. The van der Waals surface area contributed by atoms with Gasteiger partial charge in [-0.05, 0) is 92.8 Å². The molecular formula is C19H25NO. The summed E-state index contributed by atoms with van der Waals surface area (Å²) in [4.78, 5) is 2.69. The summed E-state index contributed by atoms with van der Waals surface area (Å²) in [5, 5.41) is 0. The summed E-state index contributed by atoms with van der Waals surface area (Å²) < 4.78 is 5.39. The summed E-state index contributed by atoms with van der Waals surface area (Å²) in [6.07, 6.45) is 9.32. The molecule has 1 saturated heterocycles. The molecule has 2 nitrogen and oxygen atoms in total. The van der Waals surface area contributed by atoms with Gasteiger partial charge in [-0.2, -0.15) is 0 Å². The molecule has 2 fully saturated rings. The number of piperidine rings is 1. The Morgan fingerprint density at radius 1 is 1.05 bits per heavy atom. The fourth-order valence-corrected chi connectivity index (χ4v) is 4.10. The highest BCUT2D eigenvalue weighted by Gasteiger charge is 2.30. The number of rotatable bonds is 3. The van der Waals surface area contributed by atoms with Crippen LogP contribution >= 0.6 is 0 Å². The van der Waals surface area contributed by atoms with Crippen molar-refractivity contribution in [3.8, 4) is 11.1 Å². The minimum absolute atomic E-state index is 0.735. The molecule has 2 heteroatoms. The molecule has 112 valence electrons. The smallest absolute Gasteiger partial charge is 0.0982 e. The van der Waals surface area contributed by atoms with Crippen LogP contribution in [-0.2, 0) is 0 Å². The Hall–Kier alpha value is -1.28. The van der Waals surface area contributed by atoms with Crippen LogP contribution < -0.4 is 0 Å². The largest absolute Gasteiger partial charge is 0.472 e. The van der Waals surface area contributed by atoms with E-state index in [1.807, 2.05) is 12.5 Å². The second-order valence-corrected chi connectivity index (χ2v) is 7.07. The van der Waals surface area contributed by atoms with Gasteiger partial charge in [0, 0.05) is 12.1 Å². The van der Waals surface area contributed by atoms with Crippen LogP contribution in [0.5, 0.6) is 0 Å². The van der Waals surface area contributed by atoms with E-state index < -0.39 is 0 Å². The molecular weight excluding hydrogens is 258 g/mol. The number of fused-ring (bicyclic) bond motifs is 1. The summed E-state index contributed by atoms with van der Waals surface area (Å²) in [7, 11) is 0. The van der Waals surface area contributed by atoms with Gasteiger partial charge in [-0.15, -0.1) is 0 Å². The van der Waals surface area contributed by atoms with E-state index >= 15 is 0 Å². The summed E-state index contributed by atoms with van der Waals surface area (Å²) in [5.74, 6) is 1.76. The molecule has 0 aromatic carbocycles. The highest BCUT2D eigenvalue weighted by Crippen LogP contribution is 2.43. The average Bonchev–Trinajstić information content (AvgIpc) is 3.29. The van der Waals surface area contributed by atoms with Crippen LogP contribution in [0.4, 0.5) is 0 Å². The second-order valence-electron chi connectivity index (χ2n) is 7.07. The van der Waals surface area contributed by atoms with Gasteiger partial charge in [0.05, 0.1) is 12.5 Å². The maximum atomic E-state index is 5.39. The predicted molar refractivity (Wildman–Crippen MR) is 85.9 cm³/mol. The summed E-state index contributed by atoms with van der Waals surface area (Å²) in [6, 6.07) is 2.17. The average molecular weight is 283 g/mol. The fourth-order valence-electron chi connectivity index (χ4n) is 4.10. The first-order valence-corrected chi connectivity index (χ1v) is 8.41. The van der Waals surface area contributed by atoms with E-state index in [1.54, 1.807) is 5.56 Å². The van der Waals surface area contributed by atoms with E-state index in [9.17, 15) is 0 Å². The Balaban J connectivity index is 1.56. The first-order chi connectivity index (χ1) is 10.2. The van der Waals surface area contributed by atoms with E-state index in [2.05, 4.69) is 24.8 Å². The van der Waals surface area contributed by atoms with Crippen molar-refractivity contribution < 1.29 is 4.42 Å². The van der Waals surface area contributed by atoms with Crippen molar-refractivity contribution in [2.45, 2.75) is 45.4 Å². The van der Waals surface area contributed by atoms with E-state index in [-0.39, 0.29) is 0 Å². The molecule has 4 aliphatic rings. The number of nitrogens with zero attached hydrogens (tertiary/aromatic N) is 1. The molecule has 0 spiro atoms. The third kappa shape index (κ3) is 2.40. The molecule has 2 aliphatic heterocycles. The van der Waals surface area contributed by atoms with Crippen molar-refractivity contribution in [1.29, 1.82) is 0 Å². The molecule has 21 heavy (non-hydrogen) atoms. The van der Waals surface area contributed by atoms with Gasteiger partial charge >= 0.3 is 0 Å². The second kappa shape index (κ2) is 5.17. The lowest BCUT2D eigenvalue weighted by Gasteiger charge is -2.32. The molecule has 1 saturated carbocycles. The lowest BCUT2D eigenvalue weighted by Crippen LogP contribution is -2.34. The van der Waals surface area contributed by atoms with Crippen LogP contribution in [0, 0.1) is 19.8 Å². The minimum Gasteiger partial charge on any atom is -0.472 e. The van der Waals surface area contributed by atoms with Gasteiger partial charge in [0.25, 0.3) is 0 Å². The van der Waals surface area contributed by atoms with Crippen molar-refractivity contribution in [3.05, 3.63) is 35.3 Å². The summed E-state index contributed by atoms with van der Waals surface area (Å²) in [5.41, 5.74) is 7.24. The van der Waals surface area contributed by atoms with Crippen LogP contribution in [0.3, 0.4) is 0 Å². The lowest BCUT2D eigenvalue weighted by atomic mass is 9.86. The van der Waals surface area contributed by atoms with Gasteiger partial charge in [0.2, 0.25) is 0 Å². The van der Waals surface area contributed by atoms with Crippen LogP contribution in [0.1, 0.15) is 48.3 Å². The predicted octanol–water partition coefficient (Wildman–Crippen LogP) is 4.59. The molecule has 4 rings (SSSR count). The lowest BCUT2D eigenvalue weighted by molar-refractivity contribution is 0.205. The molecule has 0 unspecified atom stereocenters. The van der Waals surface area contributed by atoms with E-state index in [0.29, 0.717) is 0 Å². The van der Waals surface area contributed by atoms with Crippen molar-refractivity contribution in [2.75, 3.05) is 19.6 Å². The quantitative estimate of drug-likeness (QED) is 0.819. The van der Waals surface area contributed by atoms with Crippen molar-refractivity contribution in [1.82, 2.24) is 4.90 Å². The Morgan fingerprint density at radius 3 is 2.52 bits per heavy atom. The minimum atomic E-state index is 0.735. The highest BCUT2D eigenvalue weighted by atomic mass is 16.3. The van der Waals surface area contributed by atoms with Crippen LogP contribution in [0.25, 0.3) is 11.1 Å². The molecule has 0 amide bonds. The van der Waals surface area contributed by atoms with Gasteiger partial charge in [0.15, 0.2) is 0 Å². The normalized spacial score (nSPS) is 21.2. The standard InChI is InChI=1S/C19H25NO/c1-13-14(2)19(17-7-10-21-12-18(13)17)16-5-8-20(9-6-16)11-15-3-4-15/h7,10,12,15-16H,3-6,8-9,11H2,1-2H3. The maximum absolute atomic E-state index is 5.39. The van der Waals surface area contributed by atoms with Crippen molar-refractivity contribution in [3.63, 3.8) is 0 Å². The van der Waals surface area contributed by atoms with Crippen LogP contribution in [0.15, 0.2) is 23.0 Å². The zero-order chi connectivity index (χ0) is 14.4. The maximum Gasteiger partial charge on any atom is 0.0982 e. The molecule has 0 atom stereocenters. The Morgan fingerprint density at radius 2 is 1.81 bits per heavy atom. The first-order valence-electron chi connectivity index (χ1n) is 8.41. The Bertz CT molecular complexity index is 602.